The fourth-order valence-electron chi connectivity index (χ4n) is 1.79. The second-order valence-electron chi connectivity index (χ2n) is 3.77. The Morgan fingerprint density at radius 2 is 2.16 bits per heavy atom. The zero-order valence-corrected chi connectivity index (χ0v) is 12.3. The number of nitrogens with zero attached hydrogens (tertiary/aromatic N) is 4. The summed E-state index contributed by atoms with van der Waals surface area (Å²) < 4.78 is 2.45. The van der Waals surface area contributed by atoms with E-state index < -0.39 is 4.92 Å². The van der Waals surface area contributed by atoms with Crippen molar-refractivity contribution >= 4 is 33.2 Å². The maximum atomic E-state index is 10.9. The summed E-state index contributed by atoms with van der Waals surface area (Å²) in [6, 6.07) is 4.68. The van der Waals surface area contributed by atoms with Crippen LogP contribution in [0.4, 0.5) is 5.69 Å². The van der Waals surface area contributed by atoms with Crippen molar-refractivity contribution in [3.63, 3.8) is 0 Å². The van der Waals surface area contributed by atoms with E-state index in [1.807, 2.05) is 11.5 Å². The van der Waals surface area contributed by atoms with Crippen LogP contribution in [0.25, 0.3) is 11.4 Å². The largest absolute Gasteiger partial charge is 0.310 e. The highest BCUT2D eigenvalue weighted by atomic mass is 79.9. The Labute approximate surface area is 122 Å². The van der Waals surface area contributed by atoms with E-state index in [0.29, 0.717) is 28.2 Å². The molecule has 0 bridgehead atoms. The summed E-state index contributed by atoms with van der Waals surface area (Å²) in [7, 11) is 0. The van der Waals surface area contributed by atoms with Gasteiger partial charge in [0.05, 0.1) is 10.8 Å². The van der Waals surface area contributed by atoms with Gasteiger partial charge < -0.3 is 4.57 Å². The number of hydrogen-bond donors (Lipinski definition) is 0. The Balaban J connectivity index is 2.58. The van der Waals surface area contributed by atoms with Gasteiger partial charge in [-0.2, -0.15) is 0 Å². The van der Waals surface area contributed by atoms with Crippen molar-refractivity contribution in [3.05, 3.63) is 38.6 Å². The molecule has 0 N–H and O–H groups in total. The quantitative estimate of drug-likeness (QED) is 0.484. The first-order valence-corrected chi connectivity index (χ1v) is 6.83. The molecule has 1 heterocycles. The first kappa shape index (κ1) is 14.0. The maximum absolute atomic E-state index is 10.9. The predicted molar refractivity (Wildman–Crippen MR) is 75.0 cm³/mol. The van der Waals surface area contributed by atoms with Crippen LogP contribution >= 0.6 is 27.5 Å². The maximum Gasteiger partial charge on any atom is 0.271 e. The molecule has 19 heavy (non-hydrogen) atoms. The third-order valence-electron chi connectivity index (χ3n) is 2.61. The van der Waals surface area contributed by atoms with Crippen molar-refractivity contribution in [2.24, 2.45) is 0 Å². The number of aromatic nitrogens is 3. The molecule has 0 unspecified atom stereocenters. The molecule has 0 saturated carbocycles. The topological polar surface area (TPSA) is 73.8 Å². The summed E-state index contributed by atoms with van der Waals surface area (Å²) in [6.45, 7) is 2.58. The Kier molecular flexibility index (Phi) is 4.16. The lowest BCUT2D eigenvalue weighted by molar-refractivity contribution is -0.384. The van der Waals surface area contributed by atoms with E-state index in [9.17, 15) is 10.1 Å². The lowest BCUT2D eigenvalue weighted by atomic mass is 10.2. The standard InChI is InChI=1S/C11H10BrClN4O2/c1-2-16-10(6-13)14-15-11(16)7-3-8(12)5-9(4-7)17(18)19/h3-5H,2,6H2,1H3. The molecule has 8 heteroatoms. The molecule has 6 nitrogen and oxygen atoms in total. The van der Waals surface area contributed by atoms with Gasteiger partial charge in [0.1, 0.15) is 5.82 Å². The highest BCUT2D eigenvalue weighted by molar-refractivity contribution is 9.10. The van der Waals surface area contributed by atoms with Crippen LogP contribution in [0.15, 0.2) is 22.7 Å². The molecule has 0 spiro atoms. The normalized spacial score (nSPS) is 10.7. The summed E-state index contributed by atoms with van der Waals surface area (Å²) >= 11 is 9.04. The third kappa shape index (κ3) is 2.76. The number of rotatable bonds is 4. The van der Waals surface area contributed by atoms with E-state index in [4.69, 9.17) is 11.6 Å². The number of benzene rings is 1. The second kappa shape index (κ2) is 5.66. The minimum Gasteiger partial charge on any atom is -0.310 e. The second-order valence-corrected chi connectivity index (χ2v) is 4.96. The van der Waals surface area contributed by atoms with Gasteiger partial charge in [0.25, 0.3) is 5.69 Å². The molecule has 0 amide bonds. The molecule has 0 fully saturated rings. The number of hydrogen-bond acceptors (Lipinski definition) is 4. The number of alkyl halides is 1. The van der Waals surface area contributed by atoms with Crippen molar-refractivity contribution in [2.75, 3.05) is 0 Å². The van der Waals surface area contributed by atoms with Gasteiger partial charge in [-0.25, -0.2) is 0 Å². The SMILES string of the molecule is CCn1c(CCl)nnc1-c1cc(Br)cc([N+](=O)[O-])c1. The van der Waals surface area contributed by atoms with E-state index in [2.05, 4.69) is 26.1 Å². The number of nitro benzene ring substituents is 1. The zero-order chi connectivity index (χ0) is 14.0. The molecule has 2 aromatic rings. The van der Waals surface area contributed by atoms with E-state index in [1.54, 1.807) is 6.07 Å². The highest BCUT2D eigenvalue weighted by Gasteiger charge is 2.16. The average Bonchev–Trinajstić information content (AvgIpc) is 2.80. The molecular formula is C11H10BrClN4O2. The van der Waals surface area contributed by atoms with Gasteiger partial charge in [-0.15, -0.1) is 21.8 Å². The van der Waals surface area contributed by atoms with Crippen molar-refractivity contribution in [3.8, 4) is 11.4 Å². The molecule has 2 rings (SSSR count). The fraction of sp³-hybridized carbons (Fsp3) is 0.273. The minimum absolute atomic E-state index is 0.00227. The third-order valence-corrected chi connectivity index (χ3v) is 3.31. The molecular weight excluding hydrogens is 336 g/mol. The van der Waals surface area contributed by atoms with Gasteiger partial charge in [0.15, 0.2) is 5.82 Å². The fourth-order valence-corrected chi connectivity index (χ4v) is 2.47. The van der Waals surface area contributed by atoms with Gasteiger partial charge in [-0.05, 0) is 13.0 Å². The minimum atomic E-state index is -0.441. The first-order valence-electron chi connectivity index (χ1n) is 5.50. The van der Waals surface area contributed by atoms with Crippen molar-refractivity contribution in [1.82, 2.24) is 14.8 Å². The van der Waals surface area contributed by atoms with Gasteiger partial charge in [0.2, 0.25) is 0 Å². The first-order chi connectivity index (χ1) is 9.06. The molecule has 100 valence electrons. The summed E-state index contributed by atoms with van der Waals surface area (Å²) in [5, 5.41) is 18.9. The smallest absolute Gasteiger partial charge is 0.271 e. The van der Waals surface area contributed by atoms with Crippen LogP contribution in [-0.4, -0.2) is 19.7 Å². The van der Waals surface area contributed by atoms with Gasteiger partial charge in [-0.1, -0.05) is 15.9 Å². The molecule has 0 aliphatic carbocycles. The Morgan fingerprint density at radius 3 is 2.74 bits per heavy atom. The molecule has 1 aromatic heterocycles. The molecule has 0 saturated heterocycles. The lowest BCUT2D eigenvalue weighted by Crippen LogP contribution is -2.02. The lowest BCUT2D eigenvalue weighted by Gasteiger charge is -2.06. The van der Waals surface area contributed by atoms with Crippen LogP contribution in [0.2, 0.25) is 0 Å². The molecule has 0 aliphatic rings. The Bertz CT molecular complexity index is 629. The summed E-state index contributed by atoms with van der Waals surface area (Å²) in [4.78, 5) is 10.4. The van der Waals surface area contributed by atoms with Gasteiger partial charge >= 0.3 is 0 Å². The van der Waals surface area contributed by atoms with Crippen LogP contribution in [0.1, 0.15) is 12.7 Å². The van der Waals surface area contributed by atoms with E-state index in [-0.39, 0.29) is 11.6 Å². The zero-order valence-electron chi connectivity index (χ0n) is 10.0. The highest BCUT2D eigenvalue weighted by Crippen LogP contribution is 2.28. The average molecular weight is 346 g/mol. The molecule has 0 aliphatic heterocycles. The van der Waals surface area contributed by atoms with E-state index in [0.717, 1.165) is 0 Å². The van der Waals surface area contributed by atoms with Gasteiger partial charge in [0, 0.05) is 28.7 Å². The van der Waals surface area contributed by atoms with E-state index >= 15 is 0 Å². The van der Waals surface area contributed by atoms with Gasteiger partial charge in [-0.3, -0.25) is 10.1 Å². The number of non-ortho nitro benzene ring substituents is 1. The van der Waals surface area contributed by atoms with Crippen LogP contribution in [0.5, 0.6) is 0 Å². The monoisotopic (exact) mass is 344 g/mol. The summed E-state index contributed by atoms with van der Waals surface area (Å²) in [5.41, 5.74) is 0.634. The molecule has 1 aromatic carbocycles. The molecule has 0 radical (unpaired) electrons. The Hall–Kier alpha value is -1.47. The van der Waals surface area contributed by atoms with Crippen molar-refractivity contribution in [1.29, 1.82) is 0 Å². The van der Waals surface area contributed by atoms with Crippen LogP contribution in [0.3, 0.4) is 0 Å². The van der Waals surface area contributed by atoms with Crippen LogP contribution in [-0.2, 0) is 12.4 Å². The number of nitro groups is 1. The van der Waals surface area contributed by atoms with Crippen molar-refractivity contribution in [2.45, 2.75) is 19.3 Å². The van der Waals surface area contributed by atoms with Crippen LogP contribution in [0, 0.1) is 10.1 Å². The van der Waals surface area contributed by atoms with E-state index in [1.165, 1.54) is 12.1 Å². The molecule has 0 atom stereocenters. The summed E-state index contributed by atoms with van der Waals surface area (Å²) in [6.07, 6.45) is 0. The predicted octanol–water partition coefficient (Wildman–Crippen LogP) is 3.37. The Morgan fingerprint density at radius 1 is 1.42 bits per heavy atom. The summed E-state index contributed by atoms with van der Waals surface area (Å²) in [5.74, 6) is 1.46. The number of halogens is 2. The van der Waals surface area contributed by atoms with Crippen molar-refractivity contribution < 1.29 is 4.92 Å². The van der Waals surface area contributed by atoms with Crippen LogP contribution < -0.4 is 0 Å².